The normalized spacial score (nSPS) is 14.0. The smallest absolute Gasteiger partial charge is 0.276 e. The van der Waals surface area contributed by atoms with E-state index in [0.717, 1.165) is 23.2 Å². The van der Waals surface area contributed by atoms with Crippen molar-refractivity contribution in [3.8, 4) is 0 Å². The van der Waals surface area contributed by atoms with Crippen molar-refractivity contribution >= 4 is 23.4 Å². The molecule has 5 nitrogen and oxygen atoms in total. The van der Waals surface area contributed by atoms with Gasteiger partial charge >= 0.3 is 0 Å². The third-order valence-corrected chi connectivity index (χ3v) is 5.27. The van der Waals surface area contributed by atoms with Crippen molar-refractivity contribution < 1.29 is 4.79 Å². The van der Waals surface area contributed by atoms with Gasteiger partial charge < -0.3 is 9.47 Å². The zero-order chi connectivity index (χ0) is 16.2. The van der Waals surface area contributed by atoms with Crippen molar-refractivity contribution in [2.45, 2.75) is 25.5 Å². The number of amides is 1. The summed E-state index contributed by atoms with van der Waals surface area (Å²) in [7, 11) is 1.92. The number of aromatic nitrogens is 3. The van der Waals surface area contributed by atoms with E-state index in [1.54, 1.807) is 23.5 Å². The first-order valence-electron chi connectivity index (χ1n) is 8.01. The summed E-state index contributed by atoms with van der Waals surface area (Å²) in [5.74, 6) is 3.89. The second kappa shape index (κ2) is 7.17. The van der Waals surface area contributed by atoms with Crippen molar-refractivity contribution in [2.75, 3.05) is 17.2 Å². The minimum absolute atomic E-state index is 0.0334. The second-order valence-electron chi connectivity index (χ2n) is 5.84. The Hall–Kier alpha value is -1.82. The van der Waals surface area contributed by atoms with Gasteiger partial charge in [-0.2, -0.15) is 11.8 Å². The molecule has 0 aromatic carbocycles. The molecule has 1 aliphatic rings. The SMILES string of the molecule is CCN(C(=O)c1cnc(CSCC2CC2)n1C)c1cccnc1. The van der Waals surface area contributed by atoms with Crippen LogP contribution in [0.4, 0.5) is 5.69 Å². The number of pyridine rings is 1. The first-order chi connectivity index (χ1) is 11.2. The summed E-state index contributed by atoms with van der Waals surface area (Å²) in [6, 6.07) is 3.74. The number of carbonyl (C=O) groups excluding carboxylic acids is 1. The molecule has 6 heteroatoms. The third-order valence-electron chi connectivity index (χ3n) is 4.10. The van der Waals surface area contributed by atoms with E-state index in [0.29, 0.717) is 12.2 Å². The highest BCUT2D eigenvalue weighted by Gasteiger charge is 2.23. The van der Waals surface area contributed by atoms with Crippen LogP contribution < -0.4 is 4.90 Å². The number of nitrogens with zero attached hydrogens (tertiary/aromatic N) is 4. The Morgan fingerprint density at radius 3 is 2.91 bits per heavy atom. The van der Waals surface area contributed by atoms with Crippen LogP contribution in [0.3, 0.4) is 0 Å². The van der Waals surface area contributed by atoms with Crippen LogP contribution in [0, 0.1) is 5.92 Å². The van der Waals surface area contributed by atoms with Crippen molar-refractivity contribution in [2.24, 2.45) is 13.0 Å². The van der Waals surface area contributed by atoms with Crippen LogP contribution in [0.2, 0.25) is 0 Å². The maximum absolute atomic E-state index is 12.8. The molecular weight excluding hydrogens is 308 g/mol. The average Bonchev–Trinajstić information content (AvgIpc) is 3.32. The highest BCUT2D eigenvalue weighted by molar-refractivity contribution is 7.98. The van der Waals surface area contributed by atoms with E-state index < -0.39 is 0 Å². The lowest BCUT2D eigenvalue weighted by Crippen LogP contribution is -2.32. The third kappa shape index (κ3) is 3.75. The van der Waals surface area contributed by atoms with Gasteiger partial charge in [-0.25, -0.2) is 4.98 Å². The number of anilines is 1. The van der Waals surface area contributed by atoms with E-state index in [9.17, 15) is 4.79 Å². The first kappa shape index (κ1) is 16.1. The summed E-state index contributed by atoms with van der Waals surface area (Å²) in [6.07, 6.45) is 7.85. The van der Waals surface area contributed by atoms with Gasteiger partial charge in [0.05, 0.1) is 23.8 Å². The van der Waals surface area contributed by atoms with Gasteiger partial charge in [-0.1, -0.05) is 0 Å². The fourth-order valence-corrected chi connectivity index (χ4v) is 3.71. The molecule has 23 heavy (non-hydrogen) atoms. The maximum atomic E-state index is 12.8. The van der Waals surface area contributed by atoms with Crippen LogP contribution >= 0.6 is 11.8 Å². The van der Waals surface area contributed by atoms with Crippen LogP contribution in [0.5, 0.6) is 0 Å². The lowest BCUT2D eigenvalue weighted by Gasteiger charge is -2.20. The fourth-order valence-electron chi connectivity index (χ4n) is 2.48. The van der Waals surface area contributed by atoms with Gasteiger partial charge in [-0.15, -0.1) is 0 Å². The first-order valence-corrected chi connectivity index (χ1v) is 9.16. The summed E-state index contributed by atoms with van der Waals surface area (Å²) in [6.45, 7) is 2.56. The highest BCUT2D eigenvalue weighted by Crippen LogP contribution is 2.33. The number of thioether (sulfide) groups is 1. The van der Waals surface area contributed by atoms with Crippen molar-refractivity contribution in [1.29, 1.82) is 0 Å². The Kier molecular flexibility index (Phi) is 5.00. The minimum Gasteiger partial charge on any atom is -0.326 e. The van der Waals surface area contributed by atoms with Crippen LogP contribution in [-0.4, -0.2) is 32.7 Å². The Balaban J connectivity index is 1.72. The molecule has 0 saturated heterocycles. The number of rotatable bonds is 7. The average molecular weight is 330 g/mol. The molecule has 0 aliphatic heterocycles. The zero-order valence-corrected chi connectivity index (χ0v) is 14.4. The Morgan fingerprint density at radius 2 is 2.26 bits per heavy atom. The zero-order valence-electron chi connectivity index (χ0n) is 13.6. The molecule has 122 valence electrons. The molecule has 1 amide bonds. The van der Waals surface area contributed by atoms with Gasteiger partial charge in [0.2, 0.25) is 0 Å². The van der Waals surface area contributed by atoms with E-state index in [-0.39, 0.29) is 5.91 Å². The molecular formula is C17H22N4OS. The molecule has 2 heterocycles. The van der Waals surface area contributed by atoms with E-state index in [1.165, 1.54) is 18.6 Å². The molecule has 0 radical (unpaired) electrons. The molecule has 0 spiro atoms. The van der Waals surface area contributed by atoms with Crippen LogP contribution in [0.25, 0.3) is 0 Å². The molecule has 1 fully saturated rings. The summed E-state index contributed by atoms with van der Waals surface area (Å²) in [4.78, 5) is 23.1. The monoisotopic (exact) mass is 330 g/mol. The predicted molar refractivity (Wildman–Crippen MR) is 93.7 cm³/mol. The quantitative estimate of drug-likeness (QED) is 0.783. The second-order valence-corrected chi connectivity index (χ2v) is 6.87. The van der Waals surface area contributed by atoms with Crippen molar-refractivity contribution in [3.63, 3.8) is 0 Å². The summed E-state index contributed by atoms with van der Waals surface area (Å²) >= 11 is 1.91. The van der Waals surface area contributed by atoms with Gasteiger partial charge in [0, 0.05) is 19.8 Å². The summed E-state index contributed by atoms with van der Waals surface area (Å²) < 4.78 is 1.92. The summed E-state index contributed by atoms with van der Waals surface area (Å²) in [5, 5.41) is 0. The van der Waals surface area contributed by atoms with Crippen molar-refractivity contribution in [3.05, 3.63) is 42.2 Å². The lowest BCUT2D eigenvalue weighted by molar-refractivity contribution is 0.0980. The van der Waals surface area contributed by atoms with Gasteiger partial charge in [0.25, 0.3) is 5.91 Å². The van der Waals surface area contributed by atoms with Gasteiger partial charge in [-0.05, 0) is 43.6 Å². The molecule has 0 N–H and O–H groups in total. The Bertz CT molecular complexity index is 666. The topological polar surface area (TPSA) is 51.0 Å². The van der Waals surface area contributed by atoms with Crippen LogP contribution in [0.15, 0.2) is 30.7 Å². The van der Waals surface area contributed by atoms with E-state index in [1.807, 2.05) is 42.4 Å². The van der Waals surface area contributed by atoms with Gasteiger partial charge in [0.15, 0.2) is 0 Å². The number of imidazole rings is 1. The van der Waals surface area contributed by atoms with Crippen LogP contribution in [0.1, 0.15) is 36.1 Å². The molecule has 3 rings (SSSR count). The molecule has 2 aromatic rings. The van der Waals surface area contributed by atoms with E-state index >= 15 is 0 Å². The highest BCUT2D eigenvalue weighted by atomic mass is 32.2. The molecule has 1 aliphatic carbocycles. The number of hydrogen-bond donors (Lipinski definition) is 0. The molecule has 2 aromatic heterocycles. The van der Waals surface area contributed by atoms with Gasteiger partial charge in [0.1, 0.15) is 11.5 Å². The largest absolute Gasteiger partial charge is 0.326 e. The molecule has 0 atom stereocenters. The Labute approximate surface area is 141 Å². The molecule has 1 saturated carbocycles. The number of carbonyl (C=O) groups is 1. The van der Waals surface area contributed by atoms with Crippen LogP contribution in [-0.2, 0) is 12.8 Å². The maximum Gasteiger partial charge on any atom is 0.276 e. The molecule has 0 unspecified atom stereocenters. The standard InChI is InChI=1S/C17H22N4OS/c1-3-21(14-5-4-8-18-9-14)17(22)15-10-19-16(20(15)2)12-23-11-13-6-7-13/h4-5,8-10,13H,3,6-7,11-12H2,1-2H3. The minimum atomic E-state index is -0.0334. The number of hydrogen-bond acceptors (Lipinski definition) is 4. The van der Waals surface area contributed by atoms with Gasteiger partial charge in [-0.3, -0.25) is 9.78 Å². The summed E-state index contributed by atoms with van der Waals surface area (Å²) in [5.41, 5.74) is 1.43. The van der Waals surface area contributed by atoms with Crippen molar-refractivity contribution in [1.82, 2.24) is 14.5 Å². The van der Waals surface area contributed by atoms with E-state index in [2.05, 4.69) is 9.97 Å². The lowest BCUT2D eigenvalue weighted by atomic mass is 10.3. The predicted octanol–water partition coefficient (Wildman–Crippen LogP) is 3.13. The molecule has 0 bridgehead atoms. The van der Waals surface area contributed by atoms with E-state index in [4.69, 9.17) is 0 Å². The fraction of sp³-hybridized carbons (Fsp3) is 0.471. The Morgan fingerprint density at radius 1 is 1.43 bits per heavy atom.